The maximum Gasteiger partial charge on any atom is 0.419 e. The Morgan fingerprint density at radius 3 is 2.60 bits per heavy atom. The number of aromatic nitrogens is 1. The van der Waals surface area contributed by atoms with Gasteiger partial charge in [-0.1, -0.05) is 6.07 Å². The number of aromatic hydroxyl groups is 2. The van der Waals surface area contributed by atoms with E-state index in [9.17, 15) is 15.0 Å². The van der Waals surface area contributed by atoms with Crippen molar-refractivity contribution < 1.29 is 19.4 Å². The van der Waals surface area contributed by atoms with E-state index >= 15 is 0 Å². The average molecular weight is 279 g/mol. The molecule has 0 fully saturated rings. The van der Waals surface area contributed by atoms with Gasteiger partial charge in [0.25, 0.3) is 0 Å². The van der Waals surface area contributed by atoms with Gasteiger partial charge in [0.1, 0.15) is 0 Å². The van der Waals surface area contributed by atoms with E-state index in [2.05, 4.69) is 4.98 Å². The molecule has 0 saturated heterocycles. The molecule has 0 unspecified atom stereocenters. The second-order valence-corrected chi connectivity index (χ2v) is 4.50. The highest BCUT2D eigenvalue weighted by Gasteiger charge is 2.08. The van der Waals surface area contributed by atoms with Crippen LogP contribution in [0.2, 0.25) is 0 Å². The molecule has 0 aliphatic rings. The predicted molar refractivity (Wildman–Crippen MR) is 72.3 cm³/mol. The second-order valence-electron chi connectivity index (χ2n) is 4.50. The van der Waals surface area contributed by atoms with Crippen molar-refractivity contribution in [3.63, 3.8) is 0 Å². The summed E-state index contributed by atoms with van der Waals surface area (Å²) in [5.74, 6) is 0.0225. The molecule has 0 bridgehead atoms. The van der Waals surface area contributed by atoms with Gasteiger partial charge in [0.2, 0.25) is 5.88 Å². The van der Waals surface area contributed by atoms with Crippen LogP contribution in [-0.4, -0.2) is 22.3 Å². The molecule has 0 aliphatic carbocycles. The third kappa shape index (κ3) is 3.34. The molecule has 108 valence electrons. The Kier molecular flexibility index (Phi) is 4.34. The van der Waals surface area contributed by atoms with Crippen molar-refractivity contribution >= 4 is 0 Å². The van der Waals surface area contributed by atoms with Crippen LogP contribution in [0.3, 0.4) is 0 Å². The summed E-state index contributed by atoms with van der Waals surface area (Å²) in [6.07, 6.45) is 2.89. The first kappa shape index (κ1) is 14.0. The van der Waals surface area contributed by atoms with Crippen molar-refractivity contribution in [3.05, 3.63) is 40.1 Å². The number of oxazole rings is 1. The smallest absolute Gasteiger partial charge is 0.419 e. The number of ether oxygens (including phenoxy) is 1. The summed E-state index contributed by atoms with van der Waals surface area (Å²) in [4.78, 5) is 13.0. The summed E-state index contributed by atoms with van der Waals surface area (Å²) >= 11 is 0. The molecule has 0 saturated carbocycles. The van der Waals surface area contributed by atoms with E-state index in [0.717, 1.165) is 24.8 Å². The van der Waals surface area contributed by atoms with Crippen LogP contribution < -0.4 is 10.5 Å². The number of rotatable bonds is 6. The van der Waals surface area contributed by atoms with Crippen LogP contribution in [0.1, 0.15) is 24.2 Å². The largest absolute Gasteiger partial charge is 0.504 e. The Bertz CT molecular complexity index is 629. The first-order valence-corrected chi connectivity index (χ1v) is 6.37. The Morgan fingerprint density at radius 2 is 2.00 bits per heavy atom. The molecular formula is C14H17NO5. The number of unbranched alkanes of at least 4 members (excludes halogenated alkanes) is 1. The molecule has 3 N–H and O–H groups in total. The summed E-state index contributed by atoms with van der Waals surface area (Å²) in [6, 6.07) is 5.29. The van der Waals surface area contributed by atoms with Gasteiger partial charge in [0.05, 0.1) is 7.11 Å². The number of H-pyrrole nitrogens is 1. The molecule has 1 heterocycles. The number of methoxy groups -OCH3 is 1. The minimum atomic E-state index is -0.641. The molecule has 20 heavy (non-hydrogen) atoms. The molecule has 0 radical (unpaired) electrons. The standard InChI is InChI=1S/C14H17NO5/c1-19-11-7-6-9(8-10(11)16)4-2-3-5-12-13(17)15-14(18)20-12/h6-8,16-17H,2-5H2,1H3,(H,15,18). The third-order valence-corrected chi connectivity index (χ3v) is 3.06. The lowest BCUT2D eigenvalue weighted by Gasteiger charge is -2.06. The van der Waals surface area contributed by atoms with E-state index in [1.807, 2.05) is 6.07 Å². The fourth-order valence-corrected chi connectivity index (χ4v) is 2.03. The van der Waals surface area contributed by atoms with Crippen LogP contribution >= 0.6 is 0 Å². The molecule has 0 amide bonds. The van der Waals surface area contributed by atoms with E-state index in [1.54, 1.807) is 12.1 Å². The first-order chi connectivity index (χ1) is 9.60. The molecule has 2 aromatic rings. The normalized spacial score (nSPS) is 10.7. The lowest BCUT2D eigenvalue weighted by molar-refractivity contribution is 0.373. The van der Waals surface area contributed by atoms with Gasteiger partial charge >= 0.3 is 5.76 Å². The topological polar surface area (TPSA) is 95.7 Å². The zero-order valence-electron chi connectivity index (χ0n) is 11.2. The molecule has 6 nitrogen and oxygen atoms in total. The van der Waals surface area contributed by atoms with Gasteiger partial charge in [-0.15, -0.1) is 0 Å². The minimum absolute atomic E-state index is 0.124. The first-order valence-electron chi connectivity index (χ1n) is 6.37. The lowest BCUT2D eigenvalue weighted by atomic mass is 10.1. The summed E-state index contributed by atoms with van der Waals surface area (Å²) < 4.78 is 9.77. The summed E-state index contributed by atoms with van der Waals surface area (Å²) in [5, 5.41) is 19.0. The van der Waals surface area contributed by atoms with Crippen LogP contribution in [0.4, 0.5) is 0 Å². The van der Waals surface area contributed by atoms with Gasteiger partial charge in [-0.25, -0.2) is 4.79 Å². The van der Waals surface area contributed by atoms with Gasteiger partial charge in [-0.2, -0.15) is 0 Å². The van der Waals surface area contributed by atoms with E-state index in [-0.39, 0.29) is 17.4 Å². The number of aromatic amines is 1. The Balaban J connectivity index is 1.83. The SMILES string of the molecule is COc1ccc(CCCCc2oc(=O)[nH]c2O)cc1O. The van der Waals surface area contributed by atoms with Crippen LogP contribution in [0, 0.1) is 0 Å². The Labute approximate surface area is 115 Å². The number of phenolic OH excluding ortho intramolecular Hbond substituents is 1. The van der Waals surface area contributed by atoms with Crippen molar-refractivity contribution in [1.29, 1.82) is 0 Å². The van der Waals surface area contributed by atoms with Gasteiger partial charge < -0.3 is 19.4 Å². The Hall–Kier alpha value is -2.37. The number of nitrogens with one attached hydrogen (secondary N) is 1. The highest BCUT2D eigenvalue weighted by molar-refractivity contribution is 5.41. The minimum Gasteiger partial charge on any atom is -0.504 e. The maximum absolute atomic E-state index is 10.8. The van der Waals surface area contributed by atoms with Gasteiger partial charge in [0.15, 0.2) is 17.3 Å². The monoisotopic (exact) mass is 279 g/mol. The van der Waals surface area contributed by atoms with Gasteiger partial charge in [-0.3, -0.25) is 4.98 Å². The highest BCUT2D eigenvalue weighted by atomic mass is 16.5. The van der Waals surface area contributed by atoms with Crippen molar-refractivity contribution in [2.75, 3.05) is 7.11 Å². The van der Waals surface area contributed by atoms with Crippen LogP contribution in [0.5, 0.6) is 17.4 Å². The van der Waals surface area contributed by atoms with Crippen LogP contribution in [0.15, 0.2) is 27.4 Å². The quantitative estimate of drug-likeness (QED) is 0.702. The predicted octanol–water partition coefficient (Wildman–Crippen LogP) is 1.95. The molecule has 6 heteroatoms. The van der Waals surface area contributed by atoms with E-state index in [4.69, 9.17) is 9.15 Å². The number of aryl methyl sites for hydroxylation is 2. The zero-order valence-corrected chi connectivity index (χ0v) is 11.2. The summed E-state index contributed by atoms with van der Waals surface area (Å²) in [6.45, 7) is 0. The van der Waals surface area contributed by atoms with Crippen molar-refractivity contribution in [1.82, 2.24) is 4.98 Å². The van der Waals surface area contributed by atoms with Crippen molar-refractivity contribution in [2.24, 2.45) is 0 Å². The summed E-state index contributed by atoms with van der Waals surface area (Å²) in [5.41, 5.74) is 1.00. The fraction of sp³-hybridized carbons (Fsp3) is 0.357. The van der Waals surface area contributed by atoms with Crippen molar-refractivity contribution in [3.8, 4) is 17.4 Å². The zero-order chi connectivity index (χ0) is 14.5. The number of phenols is 1. The van der Waals surface area contributed by atoms with Crippen molar-refractivity contribution in [2.45, 2.75) is 25.7 Å². The average Bonchev–Trinajstić information content (AvgIpc) is 2.73. The number of benzene rings is 1. The van der Waals surface area contributed by atoms with E-state index < -0.39 is 5.76 Å². The van der Waals surface area contributed by atoms with E-state index in [1.165, 1.54) is 7.11 Å². The maximum atomic E-state index is 10.8. The molecule has 0 spiro atoms. The van der Waals surface area contributed by atoms with Crippen LogP contribution in [0.25, 0.3) is 0 Å². The second kappa shape index (κ2) is 6.18. The van der Waals surface area contributed by atoms with Gasteiger partial charge in [-0.05, 0) is 37.0 Å². The Morgan fingerprint density at radius 1 is 1.25 bits per heavy atom. The number of hydrogen-bond donors (Lipinski definition) is 3. The molecule has 1 aromatic carbocycles. The van der Waals surface area contributed by atoms with E-state index in [0.29, 0.717) is 12.2 Å². The lowest BCUT2D eigenvalue weighted by Crippen LogP contribution is -1.93. The third-order valence-electron chi connectivity index (χ3n) is 3.06. The van der Waals surface area contributed by atoms with Crippen LogP contribution in [-0.2, 0) is 12.8 Å². The molecule has 1 aromatic heterocycles. The highest BCUT2D eigenvalue weighted by Crippen LogP contribution is 2.27. The fourth-order valence-electron chi connectivity index (χ4n) is 2.03. The molecular weight excluding hydrogens is 262 g/mol. The number of hydrogen-bond acceptors (Lipinski definition) is 5. The molecule has 0 atom stereocenters. The van der Waals surface area contributed by atoms with Gasteiger partial charge in [0, 0.05) is 6.42 Å². The summed E-state index contributed by atoms with van der Waals surface area (Å²) in [7, 11) is 1.51. The molecule has 0 aliphatic heterocycles. The molecule has 2 rings (SSSR count).